The third kappa shape index (κ3) is 13.5. The number of rotatable bonds is 14. The molecule has 0 saturated heterocycles. The van der Waals surface area contributed by atoms with Gasteiger partial charge in [-0.15, -0.1) is 0 Å². The topological polar surface area (TPSA) is 155 Å². The van der Waals surface area contributed by atoms with E-state index < -0.39 is 0 Å². The first kappa shape index (κ1) is 59.0. The Kier molecular flexibility index (Phi) is 17.0. The first-order valence-electron chi connectivity index (χ1n) is 31.4. The number of pyridine rings is 2. The van der Waals surface area contributed by atoms with Crippen molar-refractivity contribution in [2.45, 2.75) is 0 Å². The summed E-state index contributed by atoms with van der Waals surface area (Å²) in [6, 6.07) is 106. The van der Waals surface area contributed by atoms with E-state index in [-0.39, 0.29) is 0 Å². The van der Waals surface area contributed by atoms with Gasteiger partial charge in [0.2, 0.25) is 0 Å². The molecule has 0 aliphatic heterocycles. The second-order valence-electron chi connectivity index (χ2n) is 22.5. The van der Waals surface area contributed by atoms with E-state index in [0.29, 0.717) is 46.6 Å². The Labute approximate surface area is 555 Å². The molecule has 452 valence electrons. The lowest BCUT2D eigenvalue weighted by Gasteiger charge is -2.11. The maximum Gasteiger partial charge on any atom is 0.165 e. The van der Waals surface area contributed by atoms with Crippen LogP contribution in [0, 0.1) is 0 Å². The second-order valence-corrected chi connectivity index (χ2v) is 22.5. The molecular weight excluding hydrogens is 1180 g/mol. The summed E-state index contributed by atoms with van der Waals surface area (Å²) < 4.78 is 0. The van der Waals surface area contributed by atoms with Gasteiger partial charge in [0.1, 0.15) is 0 Å². The average molecular weight is 1230 g/mol. The fourth-order valence-electron chi connectivity index (χ4n) is 11.2. The summed E-state index contributed by atoms with van der Waals surface area (Å²) in [6.45, 7) is 0. The molecule has 6 aromatic heterocycles. The standard InChI is InChI=1S/2C42H28N6/c1-4-12-30(13-5-1)37-27-38(45-39(44-37)31-14-6-2-7-15-31)35-19-10-18-34(26-35)29-21-23-33(24-22-29)41-46-40(32-16-8-3-9-17-32)47-42(48-41)36-20-11-25-43-28-36;1-4-11-31(12-5-1)39-44-37(30-23-25-43-26-24-30)28-38(45-39)36-18-10-17-35(27-36)29-19-21-34(22-20-29)42-47-40(32-13-6-2-7-14-32)46-41(48-42)33-15-8-3-9-16-33/h2*1-28H. The van der Waals surface area contributed by atoms with E-state index in [1.54, 1.807) is 24.8 Å². The van der Waals surface area contributed by atoms with Crippen LogP contribution in [0.25, 0.3) is 158 Å². The van der Waals surface area contributed by atoms with Gasteiger partial charge in [-0.2, -0.15) is 0 Å². The number of hydrogen-bond donors (Lipinski definition) is 0. The van der Waals surface area contributed by atoms with Gasteiger partial charge < -0.3 is 0 Å². The molecule has 0 atom stereocenters. The third-order valence-electron chi connectivity index (χ3n) is 16.1. The molecule has 0 amide bonds. The molecule has 6 heterocycles. The van der Waals surface area contributed by atoms with Crippen molar-refractivity contribution in [1.29, 1.82) is 0 Å². The van der Waals surface area contributed by atoms with Gasteiger partial charge in [0, 0.05) is 91.5 Å². The summed E-state index contributed by atoms with van der Waals surface area (Å²) in [5.74, 6) is 5.08. The Morgan fingerprint density at radius 3 is 0.719 bits per heavy atom. The van der Waals surface area contributed by atoms with Crippen LogP contribution in [-0.2, 0) is 0 Å². The van der Waals surface area contributed by atoms with Gasteiger partial charge in [-0.3, -0.25) is 9.97 Å². The lowest BCUT2D eigenvalue weighted by atomic mass is 9.99. The minimum absolute atomic E-state index is 0.582. The molecule has 0 N–H and O–H groups in total. The number of hydrogen-bond acceptors (Lipinski definition) is 12. The highest BCUT2D eigenvalue weighted by atomic mass is 15.0. The molecule has 0 saturated carbocycles. The van der Waals surface area contributed by atoms with Crippen LogP contribution in [0.2, 0.25) is 0 Å². The Bertz CT molecular complexity index is 4730. The van der Waals surface area contributed by atoms with Gasteiger partial charge in [0.05, 0.1) is 22.8 Å². The molecule has 96 heavy (non-hydrogen) atoms. The normalized spacial score (nSPS) is 10.9. The molecule has 16 rings (SSSR count). The Morgan fingerprint density at radius 2 is 0.385 bits per heavy atom. The lowest BCUT2D eigenvalue weighted by molar-refractivity contribution is 1.07. The van der Waals surface area contributed by atoms with Crippen molar-refractivity contribution in [3.63, 3.8) is 0 Å². The summed E-state index contributed by atoms with van der Waals surface area (Å²) in [6.07, 6.45) is 7.08. The molecular formula is C84H56N12. The minimum atomic E-state index is 0.582. The number of nitrogens with zero attached hydrogens (tertiary/aromatic N) is 12. The molecule has 10 aromatic carbocycles. The molecule has 0 aliphatic rings. The quantitative estimate of drug-likeness (QED) is 0.102. The van der Waals surface area contributed by atoms with Crippen molar-refractivity contribution >= 4 is 0 Å². The van der Waals surface area contributed by atoms with Gasteiger partial charge in [-0.25, -0.2) is 49.8 Å². The zero-order valence-electron chi connectivity index (χ0n) is 51.7. The van der Waals surface area contributed by atoms with Crippen LogP contribution in [-0.4, -0.2) is 59.8 Å². The van der Waals surface area contributed by atoms with E-state index in [4.69, 9.17) is 49.8 Å². The average Bonchev–Trinajstić information content (AvgIpc) is 0.854. The summed E-state index contributed by atoms with van der Waals surface area (Å²) in [7, 11) is 0. The monoisotopic (exact) mass is 1230 g/mol. The van der Waals surface area contributed by atoms with Crippen LogP contribution in [0.1, 0.15) is 0 Å². The molecule has 0 spiro atoms. The molecule has 0 aliphatic carbocycles. The minimum Gasteiger partial charge on any atom is -0.265 e. The second kappa shape index (κ2) is 27.6. The molecule has 12 nitrogen and oxygen atoms in total. The summed E-state index contributed by atoms with van der Waals surface area (Å²) in [4.78, 5) is 57.4. The van der Waals surface area contributed by atoms with E-state index in [2.05, 4.69) is 125 Å². The van der Waals surface area contributed by atoms with E-state index in [1.807, 2.05) is 200 Å². The van der Waals surface area contributed by atoms with Crippen molar-refractivity contribution in [3.8, 4) is 158 Å². The third-order valence-corrected chi connectivity index (χ3v) is 16.1. The van der Waals surface area contributed by atoms with Gasteiger partial charge in [-0.1, -0.05) is 267 Å². The molecule has 16 aromatic rings. The summed E-state index contributed by atoms with van der Waals surface area (Å²) in [5.41, 5.74) is 19.2. The van der Waals surface area contributed by atoms with E-state index in [9.17, 15) is 0 Å². The fraction of sp³-hybridized carbons (Fsp3) is 0. The van der Waals surface area contributed by atoms with Crippen molar-refractivity contribution < 1.29 is 0 Å². The highest BCUT2D eigenvalue weighted by Gasteiger charge is 2.18. The summed E-state index contributed by atoms with van der Waals surface area (Å²) >= 11 is 0. The smallest absolute Gasteiger partial charge is 0.165 e. The first-order valence-corrected chi connectivity index (χ1v) is 31.4. The van der Waals surface area contributed by atoms with Crippen LogP contribution in [0.15, 0.2) is 340 Å². The van der Waals surface area contributed by atoms with E-state index >= 15 is 0 Å². The SMILES string of the molecule is c1ccc(-c2cc(-c3cccc(-c4ccc(-c5nc(-c6ccccc6)nc(-c6cccnc6)n5)cc4)c3)nc(-c3ccccc3)n2)cc1.c1ccc(-c2nc(-c3ccncc3)cc(-c3cccc(-c4ccc(-c5nc(-c6ccccc6)nc(-c6ccccc6)n5)cc4)c3)n2)cc1. The fourth-order valence-corrected chi connectivity index (χ4v) is 11.2. The predicted octanol–water partition coefficient (Wildman–Crippen LogP) is 19.5. The van der Waals surface area contributed by atoms with Gasteiger partial charge in [-0.05, 0) is 70.8 Å². The van der Waals surface area contributed by atoms with Crippen molar-refractivity contribution in [3.05, 3.63) is 340 Å². The van der Waals surface area contributed by atoms with Crippen LogP contribution >= 0.6 is 0 Å². The van der Waals surface area contributed by atoms with Gasteiger partial charge >= 0.3 is 0 Å². The largest absolute Gasteiger partial charge is 0.265 e. The molecule has 0 unspecified atom stereocenters. The van der Waals surface area contributed by atoms with Gasteiger partial charge in [0.15, 0.2) is 46.6 Å². The van der Waals surface area contributed by atoms with Crippen molar-refractivity contribution in [1.82, 2.24) is 59.8 Å². The van der Waals surface area contributed by atoms with Crippen LogP contribution in [0.4, 0.5) is 0 Å². The number of aromatic nitrogens is 12. The molecule has 12 heteroatoms. The van der Waals surface area contributed by atoms with Crippen molar-refractivity contribution in [2.75, 3.05) is 0 Å². The van der Waals surface area contributed by atoms with Crippen LogP contribution in [0.3, 0.4) is 0 Å². The lowest BCUT2D eigenvalue weighted by Crippen LogP contribution is -2.00. The van der Waals surface area contributed by atoms with E-state index in [1.165, 1.54) is 0 Å². The van der Waals surface area contributed by atoms with Crippen LogP contribution < -0.4 is 0 Å². The Morgan fingerprint density at radius 1 is 0.135 bits per heavy atom. The Balaban J connectivity index is 0.000000158. The zero-order chi connectivity index (χ0) is 64.2. The summed E-state index contributed by atoms with van der Waals surface area (Å²) in [5, 5.41) is 0. The van der Waals surface area contributed by atoms with E-state index in [0.717, 1.165) is 112 Å². The first-order chi connectivity index (χ1) is 47.5. The molecule has 0 bridgehead atoms. The molecule has 0 fully saturated rings. The zero-order valence-corrected chi connectivity index (χ0v) is 51.7. The maximum absolute atomic E-state index is 5.02. The highest BCUT2D eigenvalue weighted by Crippen LogP contribution is 2.35. The molecule has 0 radical (unpaired) electrons. The predicted molar refractivity (Wildman–Crippen MR) is 383 cm³/mol. The number of benzene rings is 10. The highest BCUT2D eigenvalue weighted by molar-refractivity contribution is 5.80. The van der Waals surface area contributed by atoms with Crippen LogP contribution in [0.5, 0.6) is 0 Å². The Hall–Kier alpha value is -13.3. The maximum atomic E-state index is 5.02. The van der Waals surface area contributed by atoms with Crippen molar-refractivity contribution in [2.24, 2.45) is 0 Å². The van der Waals surface area contributed by atoms with Gasteiger partial charge in [0.25, 0.3) is 0 Å².